The van der Waals surface area contributed by atoms with E-state index in [1.165, 1.54) is 33.7 Å². The SMILES string of the molecule is CCC(CC)N1CC(C(=O)Nc2cc(Cl)c(=O)n(CCN3C[C@@H](OC)C[C@H]3C(=O)Nc3cc(Cl)c(=O)n(C)c3)c2)CC1=O. The van der Waals surface area contributed by atoms with Gasteiger partial charge in [0.2, 0.25) is 17.7 Å². The zero-order chi connectivity index (χ0) is 31.4. The van der Waals surface area contributed by atoms with Crippen LogP contribution in [0.25, 0.3) is 0 Å². The molecule has 4 rings (SSSR count). The Labute approximate surface area is 259 Å². The molecule has 2 aliphatic rings. The van der Waals surface area contributed by atoms with E-state index in [2.05, 4.69) is 10.6 Å². The normalized spacial score (nSPS) is 20.7. The number of hydrogen-bond acceptors (Lipinski definition) is 7. The lowest BCUT2D eigenvalue weighted by Gasteiger charge is -2.26. The fourth-order valence-corrected chi connectivity index (χ4v) is 6.30. The number of likely N-dealkylation sites (tertiary alicyclic amines) is 2. The Hall–Kier alpha value is -3.19. The molecule has 0 aliphatic carbocycles. The van der Waals surface area contributed by atoms with Crippen LogP contribution in [0.3, 0.4) is 0 Å². The molecule has 3 atom stereocenters. The maximum absolute atomic E-state index is 13.3. The van der Waals surface area contributed by atoms with Crippen molar-refractivity contribution in [1.29, 1.82) is 0 Å². The second kappa shape index (κ2) is 14.1. The van der Waals surface area contributed by atoms with Crippen molar-refractivity contribution in [1.82, 2.24) is 18.9 Å². The first kappa shape index (κ1) is 32.7. The van der Waals surface area contributed by atoms with Gasteiger partial charge in [-0.25, -0.2) is 0 Å². The van der Waals surface area contributed by atoms with Crippen LogP contribution in [0.4, 0.5) is 11.4 Å². The maximum atomic E-state index is 13.3. The number of carbonyl (C=O) groups excluding carboxylic acids is 3. The van der Waals surface area contributed by atoms with E-state index in [-0.39, 0.29) is 58.4 Å². The van der Waals surface area contributed by atoms with Crippen LogP contribution < -0.4 is 21.8 Å². The van der Waals surface area contributed by atoms with Crippen molar-refractivity contribution < 1.29 is 19.1 Å². The Morgan fingerprint density at radius 2 is 1.58 bits per heavy atom. The Morgan fingerprint density at radius 1 is 0.953 bits per heavy atom. The van der Waals surface area contributed by atoms with Gasteiger partial charge >= 0.3 is 0 Å². The van der Waals surface area contributed by atoms with Crippen molar-refractivity contribution in [2.75, 3.05) is 37.4 Å². The van der Waals surface area contributed by atoms with E-state index < -0.39 is 17.5 Å². The van der Waals surface area contributed by atoms with Crippen LogP contribution in [0.1, 0.15) is 39.5 Å². The predicted molar refractivity (Wildman–Crippen MR) is 165 cm³/mol. The molecule has 2 aromatic rings. The lowest BCUT2D eigenvalue weighted by atomic mass is 10.1. The van der Waals surface area contributed by atoms with E-state index in [0.717, 1.165) is 12.8 Å². The highest BCUT2D eigenvalue weighted by Crippen LogP contribution is 2.25. The molecule has 0 saturated carbocycles. The summed E-state index contributed by atoms with van der Waals surface area (Å²) in [7, 11) is 3.12. The molecule has 2 saturated heterocycles. The number of methoxy groups -OCH3 is 1. The van der Waals surface area contributed by atoms with E-state index in [1.807, 2.05) is 18.7 Å². The number of rotatable bonds is 11. The Kier molecular flexibility index (Phi) is 10.7. The van der Waals surface area contributed by atoms with Crippen molar-refractivity contribution in [3.05, 3.63) is 55.3 Å². The van der Waals surface area contributed by atoms with Crippen LogP contribution in [0.15, 0.2) is 34.1 Å². The van der Waals surface area contributed by atoms with Gasteiger partial charge in [0.25, 0.3) is 11.1 Å². The molecule has 4 heterocycles. The molecular weight excluding hydrogens is 599 g/mol. The molecule has 0 aromatic carbocycles. The summed E-state index contributed by atoms with van der Waals surface area (Å²) >= 11 is 12.3. The van der Waals surface area contributed by atoms with Crippen LogP contribution in [-0.2, 0) is 32.7 Å². The average Bonchev–Trinajstić information content (AvgIpc) is 3.57. The molecule has 1 unspecified atom stereocenters. The minimum Gasteiger partial charge on any atom is -0.380 e. The van der Waals surface area contributed by atoms with Gasteiger partial charge in [0.15, 0.2) is 0 Å². The number of amides is 3. The van der Waals surface area contributed by atoms with Gasteiger partial charge in [0.05, 0.1) is 29.4 Å². The number of aryl methyl sites for hydroxylation is 1. The van der Waals surface area contributed by atoms with Crippen molar-refractivity contribution in [3.8, 4) is 0 Å². The van der Waals surface area contributed by atoms with E-state index in [4.69, 9.17) is 27.9 Å². The zero-order valence-electron chi connectivity index (χ0n) is 24.8. The smallest absolute Gasteiger partial charge is 0.269 e. The van der Waals surface area contributed by atoms with E-state index in [9.17, 15) is 24.0 Å². The largest absolute Gasteiger partial charge is 0.380 e. The number of anilines is 2. The van der Waals surface area contributed by atoms with Crippen LogP contribution in [0.2, 0.25) is 10.0 Å². The van der Waals surface area contributed by atoms with Gasteiger partial charge in [-0.05, 0) is 31.4 Å². The molecule has 0 bridgehead atoms. The summed E-state index contributed by atoms with van der Waals surface area (Å²) in [6.07, 6.45) is 5.03. The third-order valence-electron chi connectivity index (χ3n) is 8.26. The first-order valence-corrected chi connectivity index (χ1v) is 15.1. The average molecular weight is 638 g/mol. The molecule has 14 heteroatoms. The molecule has 0 spiro atoms. The monoisotopic (exact) mass is 636 g/mol. The van der Waals surface area contributed by atoms with Crippen LogP contribution in [-0.4, -0.2) is 81.6 Å². The fourth-order valence-electron chi connectivity index (χ4n) is 5.82. The van der Waals surface area contributed by atoms with Gasteiger partial charge < -0.3 is 29.4 Å². The highest BCUT2D eigenvalue weighted by Gasteiger charge is 2.38. The summed E-state index contributed by atoms with van der Waals surface area (Å²) in [4.78, 5) is 67.3. The molecule has 0 radical (unpaired) electrons. The van der Waals surface area contributed by atoms with Crippen LogP contribution in [0, 0.1) is 5.92 Å². The summed E-state index contributed by atoms with van der Waals surface area (Å²) < 4.78 is 8.21. The molecule has 2 aliphatic heterocycles. The molecule has 2 aromatic heterocycles. The quantitative estimate of drug-likeness (QED) is 0.387. The van der Waals surface area contributed by atoms with Crippen LogP contribution in [0.5, 0.6) is 0 Å². The summed E-state index contributed by atoms with van der Waals surface area (Å²) in [5, 5.41) is 5.58. The minimum absolute atomic E-state index is 0.00968. The molecule has 2 N–H and O–H groups in total. The van der Waals surface area contributed by atoms with E-state index in [0.29, 0.717) is 37.4 Å². The number of hydrogen-bond donors (Lipinski definition) is 2. The molecule has 234 valence electrons. The Bertz CT molecular complexity index is 1460. The summed E-state index contributed by atoms with van der Waals surface area (Å²) in [6.45, 7) is 5.38. The minimum atomic E-state index is -0.562. The number of nitrogens with zero attached hydrogens (tertiary/aromatic N) is 4. The number of pyridine rings is 2. The standard InChI is InChI=1S/C29H38Cl2N6O6/c1-5-20(6-2)37-13-17(9-25(37)38)26(39)32-19-11-23(31)29(42)36(15-19)8-7-35-16-21(43-4)12-24(35)27(40)33-18-10-22(30)28(41)34(3)14-18/h10-11,14-15,17,20-21,24H,5-9,12-13,16H2,1-4H3,(H,32,39)(H,33,40)/t17?,21-,24-/m0/s1. The second-order valence-corrected chi connectivity index (χ2v) is 11.9. The molecule has 43 heavy (non-hydrogen) atoms. The number of carbonyl (C=O) groups is 3. The first-order chi connectivity index (χ1) is 20.4. The molecule has 2 fully saturated rings. The van der Waals surface area contributed by atoms with E-state index >= 15 is 0 Å². The molecule has 3 amide bonds. The number of halogens is 2. The topological polar surface area (TPSA) is 135 Å². The zero-order valence-corrected chi connectivity index (χ0v) is 26.3. The van der Waals surface area contributed by atoms with Crippen molar-refractivity contribution in [3.63, 3.8) is 0 Å². The summed E-state index contributed by atoms with van der Waals surface area (Å²) in [6, 6.07) is 2.35. The third kappa shape index (κ3) is 7.49. The summed E-state index contributed by atoms with van der Waals surface area (Å²) in [5.74, 6) is -1.13. The lowest BCUT2D eigenvalue weighted by molar-refractivity contribution is -0.130. The van der Waals surface area contributed by atoms with Gasteiger partial charge in [-0.2, -0.15) is 0 Å². The van der Waals surface area contributed by atoms with Gasteiger partial charge in [0, 0.05) is 65.2 Å². The van der Waals surface area contributed by atoms with Crippen molar-refractivity contribution in [2.24, 2.45) is 13.0 Å². The number of aromatic nitrogens is 2. The first-order valence-electron chi connectivity index (χ1n) is 14.4. The van der Waals surface area contributed by atoms with E-state index in [1.54, 1.807) is 19.1 Å². The van der Waals surface area contributed by atoms with Crippen LogP contribution >= 0.6 is 23.2 Å². The van der Waals surface area contributed by atoms with Gasteiger partial charge in [-0.15, -0.1) is 0 Å². The molecular formula is C29H38Cl2N6O6. The Balaban J connectivity index is 1.44. The molecule has 12 nitrogen and oxygen atoms in total. The van der Waals surface area contributed by atoms with Gasteiger partial charge in [-0.1, -0.05) is 37.0 Å². The van der Waals surface area contributed by atoms with Gasteiger partial charge in [0.1, 0.15) is 10.0 Å². The highest BCUT2D eigenvalue weighted by molar-refractivity contribution is 6.31. The maximum Gasteiger partial charge on any atom is 0.269 e. The number of ether oxygens (including phenoxy) is 1. The van der Waals surface area contributed by atoms with Gasteiger partial charge in [-0.3, -0.25) is 28.9 Å². The third-order valence-corrected chi connectivity index (χ3v) is 8.80. The summed E-state index contributed by atoms with van der Waals surface area (Å²) in [5.41, 5.74) is -0.0696. The second-order valence-electron chi connectivity index (χ2n) is 11.1. The fraction of sp³-hybridized carbons (Fsp3) is 0.552. The van der Waals surface area contributed by atoms with Crippen molar-refractivity contribution in [2.45, 2.75) is 64.3 Å². The highest BCUT2D eigenvalue weighted by atomic mass is 35.5. The number of nitrogens with one attached hydrogen (secondary N) is 2. The van der Waals surface area contributed by atoms with Crippen molar-refractivity contribution >= 4 is 52.3 Å². The predicted octanol–water partition coefficient (Wildman–Crippen LogP) is 2.56. The lowest BCUT2D eigenvalue weighted by Crippen LogP contribution is -2.42. The Morgan fingerprint density at radius 3 is 2.21 bits per heavy atom.